The Morgan fingerprint density at radius 1 is 0.593 bits per heavy atom. The van der Waals surface area contributed by atoms with E-state index in [-0.39, 0.29) is 0 Å². The van der Waals surface area contributed by atoms with Crippen molar-refractivity contribution in [3.8, 4) is 11.1 Å². The molecule has 0 fully saturated rings. The van der Waals surface area contributed by atoms with Crippen LogP contribution in [-0.4, -0.2) is 7.05 Å². The summed E-state index contributed by atoms with van der Waals surface area (Å²) in [6, 6.07) is 33.5. The van der Waals surface area contributed by atoms with Crippen molar-refractivity contribution in [2.24, 2.45) is 0 Å². The van der Waals surface area contributed by atoms with Crippen molar-refractivity contribution < 1.29 is 4.42 Å². The molecule has 4 aromatic carbocycles. The van der Waals surface area contributed by atoms with Crippen LogP contribution in [0, 0.1) is 0 Å². The fourth-order valence-electron chi connectivity index (χ4n) is 3.75. The molecule has 0 saturated heterocycles. The number of para-hydroxylation sites is 3. The minimum Gasteiger partial charge on any atom is -0.454 e. The van der Waals surface area contributed by atoms with Gasteiger partial charge in [0.05, 0.1) is 5.69 Å². The fraction of sp³-hybridized carbons (Fsp3) is 0.0400. The molecule has 0 atom stereocenters. The van der Waals surface area contributed by atoms with Crippen LogP contribution in [0.4, 0.5) is 11.4 Å². The van der Waals surface area contributed by atoms with Crippen LogP contribution in [0.5, 0.6) is 0 Å². The van der Waals surface area contributed by atoms with E-state index in [0.717, 1.165) is 33.3 Å². The summed E-state index contributed by atoms with van der Waals surface area (Å²) in [6.45, 7) is 0. The summed E-state index contributed by atoms with van der Waals surface area (Å²) in [4.78, 5) is 2.22. The zero-order chi connectivity index (χ0) is 18.2. The normalized spacial score (nSPS) is 11.1. The molecule has 0 aliphatic rings. The molecule has 1 heterocycles. The lowest BCUT2D eigenvalue weighted by molar-refractivity contribution is 0.668. The summed E-state index contributed by atoms with van der Waals surface area (Å²) < 4.78 is 6.23. The maximum absolute atomic E-state index is 6.23. The van der Waals surface area contributed by atoms with Crippen LogP contribution in [0.3, 0.4) is 0 Å². The van der Waals surface area contributed by atoms with Gasteiger partial charge in [-0.05, 0) is 23.8 Å². The second-order valence-electron chi connectivity index (χ2n) is 6.69. The van der Waals surface area contributed by atoms with Crippen LogP contribution < -0.4 is 4.90 Å². The molecule has 5 aromatic rings. The third kappa shape index (κ3) is 2.58. The summed E-state index contributed by atoms with van der Waals surface area (Å²) in [6.07, 6.45) is 0. The van der Waals surface area contributed by atoms with E-state index in [2.05, 4.69) is 90.8 Å². The summed E-state index contributed by atoms with van der Waals surface area (Å²) >= 11 is 0. The molecule has 27 heavy (non-hydrogen) atoms. The SMILES string of the molecule is CN(c1ccccc1-c1ccccc1)c1cccc2c1oc1ccccc12. The molecule has 0 aliphatic carbocycles. The summed E-state index contributed by atoms with van der Waals surface area (Å²) in [5.74, 6) is 0. The first-order valence-electron chi connectivity index (χ1n) is 9.11. The Labute approximate surface area is 158 Å². The Hall–Kier alpha value is -3.52. The lowest BCUT2D eigenvalue weighted by atomic mass is 10.0. The number of benzene rings is 4. The number of rotatable bonds is 3. The Morgan fingerprint density at radius 3 is 2.15 bits per heavy atom. The summed E-state index contributed by atoms with van der Waals surface area (Å²) in [5, 5.41) is 2.30. The second kappa shape index (κ2) is 6.33. The van der Waals surface area contributed by atoms with E-state index in [1.54, 1.807) is 0 Å². The highest BCUT2D eigenvalue weighted by atomic mass is 16.3. The topological polar surface area (TPSA) is 16.4 Å². The molecule has 0 N–H and O–H groups in total. The fourth-order valence-corrected chi connectivity index (χ4v) is 3.75. The first kappa shape index (κ1) is 15.7. The van der Waals surface area contributed by atoms with Crippen molar-refractivity contribution in [1.82, 2.24) is 0 Å². The van der Waals surface area contributed by atoms with E-state index in [4.69, 9.17) is 4.42 Å². The molecule has 0 amide bonds. The lowest BCUT2D eigenvalue weighted by Crippen LogP contribution is -2.10. The Bertz CT molecular complexity index is 1240. The Morgan fingerprint density at radius 2 is 1.26 bits per heavy atom. The molecule has 0 spiro atoms. The van der Waals surface area contributed by atoms with Gasteiger partial charge in [-0.2, -0.15) is 0 Å². The molecule has 0 bridgehead atoms. The Kier molecular flexibility index (Phi) is 3.68. The third-order valence-electron chi connectivity index (χ3n) is 5.10. The summed E-state index contributed by atoms with van der Waals surface area (Å²) in [5.41, 5.74) is 6.46. The molecular formula is C25H19NO. The van der Waals surface area contributed by atoms with E-state index in [1.807, 2.05) is 18.2 Å². The van der Waals surface area contributed by atoms with Gasteiger partial charge >= 0.3 is 0 Å². The minimum atomic E-state index is 0.920. The highest BCUT2D eigenvalue weighted by molar-refractivity contribution is 6.09. The number of furan rings is 1. The average molecular weight is 349 g/mol. The van der Waals surface area contributed by atoms with Gasteiger partial charge in [-0.15, -0.1) is 0 Å². The van der Waals surface area contributed by atoms with Crippen molar-refractivity contribution in [1.29, 1.82) is 0 Å². The quantitative estimate of drug-likeness (QED) is 0.348. The maximum Gasteiger partial charge on any atom is 0.159 e. The predicted molar refractivity (Wildman–Crippen MR) is 114 cm³/mol. The zero-order valence-corrected chi connectivity index (χ0v) is 15.1. The van der Waals surface area contributed by atoms with E-state index < -0.39 is 0 Å². The largest absolute Gasteiger partial charge is 0.454 e. The standard InChI is InChI=1S/C25H19NO/c1-26(22-15-7-5-12-19(22)18-10-3-2-4-11-18)23-16-9-14-21-20-13-6-8-17-24(20)27-25(21)23/h2-17H,1H3. The van der Waals surface area contributed by atoms with Crippen LogP contribution in [-0.2, 0) is 0 Å². The average Bonchev–Trinajstić information content (AvgIpc) is 3.13. The third-order valence-corrected chi connectivity index (χ3v) is 5.10. The van der Waals surface area contributed by atoms with Gasteiger partial charge in [-0.1, -0.05) is 78.9 Å². The van der Waals surface area contributed by atoms with Gasteiger partial charge in [-0.25, -0.2) is 0 Å². The van der Waals surface area contributed by atoms with E-state index in [0.29, 0.717) is 0 Å². The van der Waals surface area contributed by atoms with Gasteiger partial charge < -0.3 is 9.32 Å². The van der Waals surface area contributed by atoms with Crippen molar-refractivity contribution in [2.75, 3.05) is 11.9 Å². The highest BCUT2D eigenvalue weighted by Crippen LogP contribution is 2.39. The number of hydrogen-bond donors (Lipinski definition) is 0. The maximum atomic E-state index is 6.23. The molecule has 130 valence electrons. The van der Waals surface area contributed by atoms with Crippen molar-refractivity contribution in [2.45, 2.75) is 0 Å². The zero-order valence-electron chi connectivity index (χ0n) is 15.1. The summed E-state index contributed by atoms with van der Waals surface area (Å²) in [7, 11) is 2.10. The van der Waals surface area contributed by atoms with Gasteiger partial charge in [0.25, 0.3) is 0 Å². The van der Waals surface area contributed by atoms with Gasteiger partial charge in [0, 0.05) is 29.1 Å². The molecule has 0 aliphatic heterocycles. The lowest BCUT2D eigenvalue weighted by Gasteiger charge is -2.23. The number of fused-ring (bicyclic) bond motifs is 3. The number of nitrogens with zero attached hydrogens (tertiary/aromatic N) is 1. The number of hydrogen-bond acceptors (Lipinski definition) is 2. The highest BCUT2D eigenvalue weighted by Gasteiger charge is 2.16. The second-order valence-corrected chi connectivity index (χ2v) is 6.69. The Balaban J connectivity index is 1.71. The van der Waals surface area contributed by atoms with Gasteiger partial charge in [-0.3, -0.25) is 0 Å². The molecule has 0 radical (unpaired) electrons. The van der Waals surface area contributed by atoms with Gasteiger partial charge in [0.15, 0.2) is 5.58 Å². The molecule has 2 nitrogen and oxygen atoms in total. The van der Waals surface area contributed by atoms with Crippen molar-refractivity contribution in [3.63, 3.8) is 0 Å². The van der Waals surface area contributed by atoms with Crippen LogP contribution in [0.2, 0.25) is 0 Å². The van der Waals surface area contributed by atoms with E-state index in [9.17, 15) is 0 Å². The molecule has 1 aromatic heterocycles. The van der Waals surface area contributed by atoms with Crippen LogP contribution in [0.1, 0.15) is 0 Å². The van der Waals surface area contributed by atoms with Gasteiger partial charge in [0.1, 0.15) is 5.58 Å². The first-order valence-corrected chi connectivity index (χ1v) is 9.11. The van der Waals surface area contributed by atoms with E-state index >= 15 is 0 Å². The van der Waals surface area contributed by atoms with Crippen LogP contribution in [0.15, 0.2) is 101 Å². The molecule has 0 saturated carbocycles. The van der Waals surface area contributed by atoms with Crippen LogP contribution >= 0.6 is 0 Å². The van der Waals surface area contributed by atoms with E-state index in [1.165, 1.54) is 11.1 Å². The number of anilines is 2. The van der Waals surface area contributed by atoms with Gasteiger partial charge in [0.2, 0.25) is 0 Å². The molecular weight excluding hydrogens is 330 g/mol. The van der Waals surface area contributed by atoms with Crippen molar-refractivity contribution in [3.05, 3.63) is 97.1 Å². The first-order chi connectivity index (χ1) is 13.3. The monoisotopic (exact) mass is 349 g/mol. The molecule has 5 rings (SSSR count). The van der Waals surface area contributed by atoms with Crippen molar-refractivity contribution >= 4 is 33.3 Å². The molecule has 2 heteroatoms. The van der Waals surface area contributed by atoms with Crippen LogP contribution in [0.25, 0.3) is 33.1 Å². The molecule has 0 unspecified atom stereocenters. The predicted octanol–water partition coefficient (Wildman–Crippen LogP) is 7.02. The smallest absolute Gasteiger partial charge is 0.159 e. The minimum absolute atomic E-state index is 0.920.